The summed E-state index contributed by atoms with van der Waals surface area (Å²) in [6, 6.07) is 0. The van der Waals surface area contributed by atoms with Gasteiger partial charge in [0.25, 0.3) is 0 Å². The van der Waals surface area contributed by atoms with E-state index in [9.17, 15) is 14.4 Å². The van der Waals surface area contributed by atoms with Crippen LogP contribution in [0.3, 0.4) is 0 Å². The molecule has 0 aliphatic carbocycles. The predicted molar refractivity (Wildman–Crippen MR) is 306 cm³/mol. The van der Waals surface area contributed by atoms with E-state index >= 15 is 0 Å². The van der Waals surface area contributed by atoms with Crippen molar-refractivity contribution in [2.75, 3.05) is 13.2 Å². The van der Waals surface area contributed by atoms with Crippen LogP contribution in [0.2, 0.25) is 0 Å². The van der Waals surface area contributed by atoms with Gasteiger partial charge in [-0.3, -0.25) is 14.4 Å². The van der Waals surface area contributed by atoms with Gasteiger partial charge in [0.15, 0.2) is 6.10 Å². The first-order valence-corrected chi connectivity index (χ1v) is 28.7. The van der Waals surface area contributed by atoms with E-state index in [2.05, 4.69) is 154 Å². The van der Waals surface area contributed by atoms with Crippen molar-refractivity contribution in [2.24, 2.45) is 0 Å². The van der Waals surface area contributed by atoms with E-state index in [1.165, 1.54) is 77.0 Å². The van der Waals surface area contributed by atoms with E-state index in [-0.39, 0.29) is 37.5 Å². The SMILES string of the molecule is CCCCC/C=C\C/C=C\C/C=C\C/C=C\CCCCCC(=O)OC[C@H](COC(=O)CCCCCC/C=C\C/C=C\C/C=C\CCCCC)OC(=O)CCC/C=C\C/C=C\C/C=C\C/C=C\CCCCC. The molecule has 0 radical (unpaired) electrons. The molecule has 0 aromatic heterocycles. The van der Waals surface area contributed by atoms with E-state index < -0.39 is 6.10 Å². The van der Waals surface area contributed by atoms with Crippen LogP contribution < -0.4 is 0 Å². The van der Waals surface area contributed by atoms with Gasteiger partial charge in [-0.05, 0) is 141 Å². The zero-order valence-corrected chi connectivity index (χ0v) is 45.7. The summed E-state index contributed by atoms with van der Waals surface area (Å²) in [5.41, 5.74) is 0. The minimum absolute atomic E-state index is 0.126. The Balaban J connectivity index is 4.60. The lowest BCUT2D eigenvalue weighted by molar-refractivity contribution is -0.167. The van der Waals surface area contributed by atoms with Gasteiger partial charge in [0.05, 0.1) is 0 Å². The highest BCUT2D eigenvalue weighted by molar-refractivity contribution is 5.71. The second-order valence-corrected chi connectivity index (χ2v) is 18.5. The Bertz CT molecular complexity index is 1550. The van der Waals surface area contributed by atoms with Crippen LogP contribution in [-0.2, 0) is 28.6 Å². The van der Waals surface area contributed by atoms with Crippen molar-refractivity contribution in [2.45, 2.75) is 245 Å². The normalized spacial score (nSPS) is 13.1. The summed E-state index contributed by atoms with van der Waals surface area (Å²) < 4.78 is 16.8. The van der Waals surface area contributed by atoms with Gasteiger partial charge in [-0.2, -0.15) is 0 Å². The Morgan fingerprint density at radius 1 is 0.282 bits per heavy atom. The number of hydrogen-bond acceptors (Lipinski definition) is 6. The monoisotopic (exact) mass is 981 g/mol. The molecule has 0 aliphatic rings. The van der Waals surface area contributed by atoms with Gasteiger partial charge >= 0.3 is 17.9 Å². The molecule has 0 heterocycles. The lowest BCUT2D eigenvalue weighted by atomic mass is 10.1. The van der Waals surface area contributed by atoms with E-state index in [0.29, 0.717) is 19.3 Å². The highest BCUT2D eigenvalue weighted by atomic mass is 16.6. The lowest BCUT2D eigenvalue weighted by Crippen LogP contribution is -2.30. The van der Waals surface area contributed by atoms with Crippen LogP contribution in [0.5, 0.6) is 0 Å². The highest BCUT2D eigenvalue weighted by Gasteiger charge is 2.19. The van der Waals surface area contributed by atoms with Crippen LogP contribution in [0.1, 0.15) is 239 Å². The molecule has 0 saturated heterocycles. The predicted octanol–water partition coefficient (Wildman–Crippen LogP) is 19.4. The molecule has 400 valence electrons. The number of esters is 3. The summed E-state index contributed by atoms with van der Waals surface area (Å²) >= 11 is 0. The molecule has 6 nitrogen and oxygen atoms in total. The van der Waals surface area contributed by atoms with Crippen molar-refractivity contribution < 1.29 is 28.6 Å². The number of hydrogen-bond donors (Lipinski definition) is 0. The zero-order chi connectivity index (χ0) is 51.4. The molecule has 0 aromatic carbocycles. The molecule has 0 bridgehead atoms. The second kappa shape index (κ2) is 58.1. The molecule has 0 amide bonds. The minimum atomic E-state index is -0.835. The first-order chi connectivity index (χ1) is 35.0. The maximum atomic E-state index is 12.8. The van der Waals surface area contributed by atoms with Crippen LogP contribution >= 0.6 is 0 Å². The summed E-state index contributed by atoms with van der Waals surface area (Å²) in [4.78, 5) is 38.1. The van der Waals surface area contributed by atoms with Crippen LogP contribution in [0.25, 0.3) is 0 Å². The van der Waals surface area contributed by atoms with Crippen molar-refractivity contribution in [3.63, 3.8) is 0 Å². The maximum absolute atomic E-state index is 12.8. The fourth-order valence-corrected chi connectivity index (χ4v) is 7.25. The van der Waals surface area contributed by atoms with Crippen molar-refractivity contribution >= 4 is 17.9 Å². The average Bonchev–Trinajstić information content (AvgIpc) is 3.37. The van der Waals surface area contributed by atoms with Crippen LogP contribution in [-0.4, -0.2) is 37.2 Å². The molecule has 0 unspecified atom stereocenters. The molecule has 1 atom stereocenters. The molecule has 0 aromatic rings. The summed E-state index contributed by atoms with van der Waals surface area (Å²) in [5.74, 6) is -1.04. The number of allylic oxidation sites excluding steroid dienone is 22. The molecule has 0 saturated carbocycles. The van der Waals surface area contributed by atoms with Crippen molar-refractivity contribution in [1.29, 1.82) is 0 Å². The van der Waals surface area contributed by atoms with Crippen molar-refractivity contribution in [3.05, 3.63) is 134 Å². The Hall–Kier alpha value is -4.45. The van der Waals surface area contributed by atoms with Crippen LogP contribution in [0, 0.1) is 0 Å². The largest absolute Gasteiger partial charge is 0.462 e. The van der Waals surface area contributed by atoms with E-state index in [4.69, 9.17) is 14.2 Å². The third-order valence-corrected chi connectivity index (χ3v) is 11.6. The van der Waals surface area contributed by atoms with E-state index in [0.717, 1.165) is 116 Å². The summed E-state index contributed by atoms with van der Waals surface area (Å²) in [7, 11) is 0. The first kappa shape index (κ1) is 66.6. The number of unbranched alkanes of at least 4 members (excludes halogenated alkanes) is 17. The molecule has 0 N–H and O–H groups in total. The highest BCUT2D eigenvalue weighted by Crippen LogP contribution is 2.11. The number of carbonyl (C=O) groups excluding carboxylic acids is 3. The van der Waals surface area contributed by atoms with E-state index in [1.54, 1.807) is 0 Å². The lowest BCUT2D eigenvalue weighted by Gasteiger charge is -2.18. The molecule has 0 fully saturated rings. The third-order valence-electron chi connectivity index (χ3n) is 11.6. The topological polar surface area (TPSA) is 78.9 Å². The van der Waals surface area contributed by atoms with Crippen LogP contribution in [0.4, 0.5) is 0 Å². The van der Waals surface area contributed by atoms with Gasteiger partial charge < -0.3 is 14.2 Å². The molecule has 0 aliphatic heterocycles. The molecule has 0 spiro atoms. The van der Waals surface area contributed by atoms with Gasteiger partial charge in [-0.1, -0.05) is 212 Å². The number of rotatable bonds is 50. The smallest absolute Gasteiger partial charge is 0.306 e. The van der Waals surface area contributed by atoms with Gasteiger partial charge in [0.1, 0.15) is 13.2 Å². The quantitative estimate of drug-likeness (QED) is 0.0262. The molecule has 0 rings (SSSR count). The third kappa shape index (κ3) is 56.3. The maximum Gasteiger partial charge on any atom is 0.306 e. The Kier molecular flexibility index (Phi) is 54.5. The fraction of sp³-hybridized carbons (Fsp3) is 0.615. The molecular weight excluding hydrogens is 877 g/mol. The van der Waals surface area contributed by atoms with Crippen molar-refractivity contribution in [1.82, 2.24) is 0 Å². The Morgan fingerprint density at radius 2 is 0.521 bits per heavy atom. The first-order valence-electron chi connectivity index (χ1n) is 28.7. The Morgan fingerprint density at radius 3 is 0.831 bits per heavy atom. The van der Waals surface area contributed by atoms with Gasteiger partial charge in [0.2, 0.25) is 0 Å². The number of ether oxygens (including phenoxy) is 3. The summed E-state index contributed by atoms with van der Waals surface area (Å²) in [6.45, 7) is 6.45. The molecular formula is C65H104O6. The van der Waals surface area contributed by atoms with Gasteiger partial charge in [-0.25, -0.2) is 0 Å². The minimum Gasteiger partial charge on any atom is -0.462 e. The van der Waals surface area contributed by atoms with Gasteiger partial charge in [-0.15, -0.1) is 0 Å². The Labute approximate surface area is 436 Å². The second-order valence-electron chi connectivity index (χ2n) is 18.5. The van der Waals surface area contributed by atoms with E-state index in [1.807, 2.05) is 0 Å². The number of carbonyl (C=O) groups is 3. The standard InChI is InChI=1S/C65H104O6/c1-4-7-10-13-16-19-22-25-28-31-32-35-37-40-43-46-49-52-55-58-64(67)70-61-62(71-65(68)59-56-53-50-47-44-41-38-34-30-27-24-21-18-15-12-9-6-3)60-69-63(66)57-54-51-48-45-42-39-36-33-29-26-23-20-17-14-11-8-5-2/h16-21,25-30,32,35-36,38-41,43,47,50,62H,4-15,22-24,31,33-34,37,42,44-46,48-49,51-61H2,1-3H3/b19-16-,20-17-,21-18-,28-25-,29-26-,30-27-,35-32-,39-36-,41-38-,43-40-,50-47-/t62-/m0/s1. The molecule has 71 heavy (non-hydrogen) atoms. The summed E-state index contributed by atoms with van der Waals surface area (Å²) in [6.07, 6.45) is 81.5. The summed E-state index contributed by atoms with van der Waals surface area (Å²) in [5, 5.41) is 0. The average molecular weight is 982 g/mol. The zero-order valence-electron chi connectivity index (χ0n) is 45.7. The van der Waals surface area contributed by atoms with Crippen LogP contribution in [0.15, 0.2) is 134 Å². The fourth-order valence-electron chi connectivity index (χ4n) is 7.25. The van der Waals surface area contributed by atoms with Gasteiger partial charge in [0, 0.05) is 19.3 Å². The molecule has 6 heteroatoms. The van der Waals surface area contributed by atoms with Crippen molar-refractivity contribution in [3.8, 4) is 0 Å².